The Kier molecular flexibility index (Phi) is 4.31. The molecule has 128 valence electrons. The molecule has 1 fully saturated rings. The normalized spacial score (nSPS) is 17.9. The Bertz CT molecular complexity index is 736. The molecular weight excluding hydrogens is 325 g/mol. The summed E-state index contributed by atoms with van der Waals surface area (Å²) in [6, 6.07) is 6.17. The fourth-order valence-corrected chi connectivity index (χ4v) is 2.62. The van der Waals surface area contributed by atoms with Crippen molar-refractivity contribution in [2.75, 3.05) is 20.3 Å². The molecule has 1 aromatic carbocycles. The van der Waals surface area contributed by atoms with E-state index in [4.69, 9.17) is 9.26 Å². The van der Waals surface area contributed by atoms with Gasteiger partial charge in [-0.2, -0.15) is 13.2 Å². The van der Waals surface area contributed by atoms with E-state index < -0.39 is 17.6 Å². The van der Waals surface area contributed by atoms with Crippen LogP contribution in [-0.2, 0) is 10.9 Å². The number of halogens is 3. The first-order valence-electron chi connectivity index (χ1n) is 7.36. The van der Waals surface area contributed by atoms with Gasteiger partial charge in [-0.15, -0.1) is 0 Å². The molecule has 8 heteroatoms. The number of nitrogens with zero attached hydrogens (tertiary/aromatic N) is 2. The van der Waals surface area contributed by atoms with Crippen molar-refractivity contribution in [3.63, 3.8) is 0 Å². The van der Waals surface area contributed by atoms with Crippen LogP contribution in [0.25, 0.3) is 11.3 Å². The van der Waals surface area contributed by atoms with Gasteiger partial charge in [0.05, 0.1) is 18.2 Å². The lowest BCUT2D eigenvalue weighted by Gasteiger charge is -2.21. The SMILES string of the molecule is CN(C(=O)c1cc(-c2ccccc2C(F)(F)F)on1)C1CCOC1. The smallest absolute Gasteiger partial charge is 0.379 e. The molecule has 0 bridgehead atoms. The second kappa shape index (κ2) is 6.27. The quantitative estimate of drug-likeness (QED) is 0.861. The van der Waals surface area contributed by atoms with Gasteiger partial charge < -0.3 is 14.2 Å². The lowest BCUT2D eigenvalue weighted by molar-refractivity contribution is -0.137. The van der Waals surface area contributed by atoms with E-state index in [2.05, 4.69) is 5.16 Å². The molecule has 0 saturated carbocycles. The zero-order valence-corrected chi connectivity index (χ0v) is 12.8. The largest absolute Gasteiger partial charge is 0.417 e. The Morgan fingerprint density at radius 3 is 2.75 bits per heavy atom. The van der Waals surface area contributed by atoms with Crippen LogP contribution in [0.2, 0.25) is 0 Å². The van der Waals surface area contributed by atoms with Crippen molar-refractivity contribution in [1.82, 2.24) is 10.1 Å². The minimum Gasteiger partial charge on any atom is -0.379 e. The number of carbonyl (C=O) groups excluding carboxylic acids is 1. The monoisotopic (exact) mass is 340 g/mol. The molecule has 0 radical (unpaired) electrons. The van der Waals surface area contributed by atoms with Crippen LogP contribution in [0.1, 0.15) is 22.5 Å². The molecule has 3 rings (SSSR count). The molecule has 1 unspecified atom stereocenters. The Hall–Kier alpha value is -2.35. The van der Waals surface area contributed by atoms with E-state index in [1.165, 1.54) is 29.2 Å². The molecule has 1 atom stereocenters. The van der Waals surface area contributed by atoms with E-state index >= 15 is 0 Å². The second-order valence-corrected chi connectivity index (χ2v) is 5.55. The molecular formula is C16H15F3N2O3. The summed E-state index contributed by atoms with van der Waals surface area (Å²) in [5.74, 6) is -0.507. The molecule has 1 amide bonds. The van der Waals surface area contributed by atoms with Gasteiger partial charge in [-0.25, -0.2) is 0 Å². The summed E-state index contributed by atoms with van der Waals surface area (Å²) in [5, 5.41) is 3.63. The van der Waals surface area contributed by atoms with E-state index in [0.717, 1.165) is 6.07 Å². The van der Waals surface area contributed by atoms with Crippen molar-refractivity contribution in [3.05, 3.63) is 41.6 Å². The summed E-state index contributed by atoms with van der Waals surface area (Å²) in [4.78, 5) is 13.9. The van der Waals surface area contributed by atoms with Crippen molar-refractivity contribution in [3.8, 4) is 11.3 Å². The third-order valence-electron chi connectivity index (χ3n) is 4.00. The van der Waals surface area contributed by atoms with Gasteiger partial charge in [0.15, 0.2) is 11.5 Å². The maximum Gasteiger partial charge on any atom is 0.417 e. The summed E-state index contributed by atoms with van der Waals surface area (Å²) in [7, 11) is 1.61. The number of alkyl halides is 3. The van der Waals surface area contributed by atoms with Crippen LogP contribution in [0.3, 0.4) is 0 Å². The highest BCUT2D eigenvalue weighted by atomic mass is 19.4. The predicted octanol–water partition coefficient (Wildman–Crippen LogP) is 3.22. The summed E-state index contributed by atoms with van der Waals surface area (Å²) < 4.78 is 49.5. The van der Waals surface area contributed by atoms with Crippen LogP contribution in [0, 0.1) is 0 Å². The van der Waals surface area contributed by atoms with Gasteiger partial charge in [-0.3, -0.25) is 4.79 Å². The van der Waals surface area contributed by atoms with E-state index in [0.29, 0.717) is 19.6 Å². The Morgan fingerprint density at radius 1 is 1.33 bits per heavy atom. The minimum absolute atomic E-state index is 0.0311. The Morgan fingerprint density at radius 2 is 2.08 bits per heavy atom. The average Bonchev–Trinajstić information content (AvgIpc) is 3.24. The van der Waals surface area contributed by atoms with Crippen molar-refractivity contribution in [2.24, 2.45) is 0 Å². The number of amides is 1. The predicted molar refractivity (Wildman–Crippen MR) is 78.3 cm³/mol. The topological polar surface area (TPSA) is 55.6 Å². The van der Waals surface area contributed by atoms with E-state index in [9.17, 15) is 18.0 Å². The van der Waals surface area contributed by atoms with Gasteiger partial charge in [-0.1, -0.05) is 23.4 Å². The van der Waals surface area contributed by atoms with Gasteiger partial charge >= 0.3 is 6.18 Å². The van der Waals surface area contributed by atoms with E-state index in [1.807, 2.05) is 0 Å². The highest BCUT2D eigenvalue weighted by Gasteiger charge is 2.35. The molecule has 0 spiro atoms. The number of hydrogen-bond acceptors (Lipinski definition) is 4. The van der Waals surface area contributed by atoms with Crippen LogP contribution in [0.15, 0.2) is 34.9 Å². The van der Waals surface area contributed by atoms with Gasteiger partial charge in [0, 0.05) is 25.3 Å². The second-order valence-electron chi connectivity index (χ2n) is 5.55. The molecule has 0 aliphatic carbocycles. The highest BCUT2D eigenvalue weighted by molar-refractivity contribution is 5.93. The molecule has 1 aliphatic rings. The Labute approximate surface area is 136 Å². The third kappa shape index (κ3) is 3.14. The number of ether oxygens (including phenoxy) is 1. The van der Waals surface area contributed by atoms with E-state index in [1.54, 1.807) is 7.05 Å². The molecule has 5 nitrogen and oxygen atoms in total. The highest BCUT2D eigenvalue weighted by Crippen LogP contribution is 2.37. The average molecular weight is 340 g/mol. The van der Waals surface area contributed by atoms with E-state index in [-0.39, 0.29) is 23.1 Å². The summed E-state index contributed by atoms with van der Waals surface area (Å²) in [5.41, 5.74) is -1.02. The molecule has 1 aromatic heterocycles. The first kappa shape index (κ1) is 16.5. The molecule has 1 aliphatic heterocycles. The summed E-state index contributed by atoms with van der Waals surface area (Å²) in [6.45, 7) is 1.01. The standard InChI is InChI=1S/C16H15F3N2O3/c1-21(10-6-7-23-9-10)15(22)13-8-14(24-20-13)11-4-2-3-5-12(11)16(17,18)19/h2-5,8,10H,6-7,9H2,1H3. The molecule has 1 saturated heterocycles. The van der Waals surface area contributed by atoms with Crippen molar-refractivity contribution >= 4 is 5.91 Å². The number of hydrogen-bond donors (Lipinski definition) is 0. The lowest BCUT2D eigenvalue weighted by Crippen LogP contribution is -2.37. The maximum atomic E-state index is 13.1. The zero-order valence-electron chi connectivity index (χ0n) is 12.8. The molecule has 24 heavy (non-hydrogen) atoms. The number of carbonyl (C=O) groups is 1. The van der Waals surface area contributed by atoms with Gasteiger partial charge in [0.2, 0.25) is 0 Å². The molecule has 2 heterocycles. The van der Waals surface area contributed by atoms with Crippen LogP contribution < -0.4 is 0 Å². The fraction of sp³-hybridized carbons (Fsp3) is 0.375. The first-order valence-corrected chi connectivity index (χ1v) is 7.36. The number of benzene rings is 1. The fourth-order valence-electron chi connectivity index (χ4n) is 2.62. The lowest BCUT2D eigenvalue weighted by atomic mass is 10.0. The first-order chi connectivity index (χ1) is 11.4. The third-order valence-corrected chi connectivity index (χ3v) is 4.00. The Balaban J connectivity index is 1.87. The van der Waals surface area contributed by atoms with Gasteiger partial charge in [-0.05, 0) is 12.5 Å². The van der Waals surface area contributed by atoms with Crippen molar-refractivity contribution < 1.29 is 27.2 Å². The van der Waals surface area contributed by atoms with Gasteiger partial charge in [0.25, 0.3) is 5.91 Å². The van der Waals surface area contributed by atoms with Crippen LogP contribution >= 0.6 is 0 Å². The minimum atomic E-state index is -4.52. The number of aromatic nitrogens is 1. The number of rotatable bonds is 3. The van der Waals surface area contributed by atoms with Crippen LogP contribution in [0.4, 0.5) is 13.2 Å². The molecule has 0 N–H and O–H groups in total. The van der Waals surface area contributed by atoms with Crippen molar-refractivity contribution in [2.45, 2.75) is 18.6 Å². The van der Waals surface area contributed by atoms with Crippen molar-refractivity contribution in [1.29, 1.82) is 0 Å². The number of likely N-dealkylation sites (N-methyl/N-ethyl adjacent to an activating group) is 1. The molecule has 2 aromatic rings. The zero-order chi connectivity index (χ0) is 17.3. The van der Waals surface area contributed by atoms with Crippen LogP contribution in [0.5, 0.6) is 0 Å². The van der Waals surface area contributed by atoms with Gasteiger partial charge in [0.1, 0.15) is 0 Å². The maximum absolute atomic E-state index is 13.1. The summed E-state index contributed by atoms with van der Waals surface area (Å²) >= 11 is 0. The van der Waals surface area contributed by atoms with Crippen LogP contribution in [-0.4, -0.2) is 42.3 Å². The summed E-state index contributed by atoms with van der Waals surface area (Å²) in [6.07, 6.45) is -3.81.